The maximum absolute atomic E-state index is 11.9. The third kappa shape index (κ3) is 5.13. The molecule has 0 fully saturated rings. The molecule has 0 radical (unpaired) electrons. The average molecular weight is 347 g/mol. The van der Waals surface area contributed by atoms with E-state index in [1.165, 1.54) is 35.5 Å². The molecule has 1 aromatic carbocycles. The van der Waals surface area contributed by atoms with Crippen molar-refractivity contribution in [3.63, 3.8) is 0 Å². The van der Waals surface area contributed by atoms with Gasteiger partial charge in [0.15, 0.2) is 11.5 Å². The van der Waals surface area contributed by atoms with Crippen molar-refractivity contribution >= 4 is 13.5 Å². The molecule has 1 rings (SSSR count). The summed E-state index contributed by atoms with van der Waals surface area (Å²) in [5, 5.41) is 2.64. The molecule has 0 spiro atoms. The van der Waals surface area contributed by atoms with Crippen molar-refractivity contribution in [3.8, 4) is 17.2 Å². The molecule has 1 N–H and O–H groups in total. The topological polar surface area (TPSA) is 92.3 Å². The van der Waals surface area contributed by atoms with Gasteiger partial charge < -0.3 is 28.6 Å². The van der Waals surface area contributed by atoms with Gasteiger partial charge in [0.2, 0.25) is 11.7 Å². The molecule has 0 aliphatic rings. The summed E-state index contributed by atoms with van der Waals surface area (Å²) in [5.74, 6) is 0.977. The molecule has 0 aromatic heterocycles. The van der Waals surface area contributed by atoms with E-state index in [0.717, 1.165) is 5.56 Å². The summed E-state index contributed by atoms with van der Waals surface area (Å²) < 4.78 is 37.1. The second kappa shape index (κ2) is 8.76. The molecule has 0 atom stereocenters. The van der Waals surface area contributed by atoms with Crippen LogP contribution in [0.5, 0.6) is 17.2 Å². The summed E-state index contributed by atoms with van der Waals surface area (Å²) in [6.45, 7) is 0.197. The van der Waals surface area contributed by atoms with E-state index in [1.807, 2.05) is 0 Å². The first-order chi connectivity index (χ1) is 10.9. The number of amides is 1. The second-order valence-electron chi connectivity index (χ2n) is 4.44. The third-order valence-corrected chi connectivity index (χ3v) is 4.89. The van der Waals surface area contributed by atoms with Crippen LogP contribution in [0.2, 0.25) is 0 Å². The van der Waals surface area contributed by atoms with Gasteiger partial charge in [-0.1, -0.05) is 0 Å². The lowest BCUT2D eigenvalue weighted by Crippen LogP contribution is -2.26. The first-order valence-corrected chi connectivity index (χ1v) is 8.41. The second-order valence-corrected chi connectivity index (χ2v) is 6.71. The molecular formula is C14H22NO7P. The molecule has 0 aliphatic heterocycles. The molecule has 1 amide bonds. The van der Waals surface area contributed by atoms with Gasteiger partial charge in [0.25, 0.3) is 0 Å². The highest BCUT2D eigenvalue weighted by molar-refractivity contribution is 7.54. The van der Waals surface area contributed by atoms with Crippen molar-refractivity contribution in [2.75, 3.05) is 41.7 Å². The van der Waals surface area contributed by atoms with Gasteiger partial charge in [-0.2, -0.15) is 0 Å². The average Bonchev–Trinajstić information content (AvgIpc) is 2.58. The molecule has 0 bridgehead atoms. The van der Waals surface area contributed by atoms with Crippen LogP contribution in [0, 0.1) is 0 Å². The normalized spacial score (nSPS) is 11.0. The summed E-state index contributed by atoms with van der Waals surface area (Å²) in [6, 6.07) is 3.43. The van der Waals surface area contributed by atoms with Gasteiger partial charge in [-0.25, -0.2) is 0 Å². The lowest BCUT2D eigenvalue weighted by molar-refractivity contribution is -0.119. The van der Waals surface area contributed by atoms with E-state index in [-0.39, 0.29) is 12.7 Å². The van der Waals surface area contributed by atoms with Crippen LogP contribution < -0.4 is 19.5 Å². The molecular weight excluding hydrogens is 325 g/mol. The van der Waals surface area contributed by atoms with Crippen LogP contribution >= 0.6 is 7.60 Å². The maximum atomic E-state index is 11.9. The van der Waals surface area contributed by atoms with E-state index >= 15 is 0 Å². The quantitative estimate of drug-likeness (QED) is 0.681. The highest BCUT2D eigenvalue weighted by Crippen LogP contribution is 2.45. The van der Waals surface area contributed by atoms with Gasteiger partial charge in [0.05, 0.1) is 21.3 Å². The van der Waals surface area contributed by atoms with Crippen molar-refractivity contribution < 1.29 is 32.6 Å². The molecule has 0 saturated carbocycles. The van der Waals surface area contributed by atoms with Crippen LogP contribution in [0.4, 0.5) is 0 Å². The fourth-order valence-corrected chi connectivity index (χ4v) is 2.74. The molecule has 130 valence electrons. The van der Waals surface area contributed by atoms with E-state index in [1.54, 1.807) is 12.1 Å². The van der Waals surface area contributed by atoms with E-state index in [9.17, 15) is 9.36 Å². The Hall–Kier alpha value is -1.76. The molecule has 0 aliphatic carbocycles. The molecule has 0 heterocycles. The smallest absolute Gasteiger partial charge is 0.339 e. The van der Waals surface area contributed by atoms with Gasteiger partial charge >= 0.3 is 7.60 Å². The number of methoxy groups -OCH3 is 3. The minimum atomic E-state index is -3.38. The fraction of sp³-hybridized carbons (Fsp3) is 0.500. The predicted octanol–water partition coefficient (Wildman–Crippen LogP) is 1.81. The van der Waals surface area contributed by atoms with E-state index < -0.39 is 13.5 Å². The van der Waals surface area contributed by atoms with Crippen LogP contribution in [0.15, 0.2) is 12.1 Å². The van der Waals surface area contributed by atoms with Crippen molar-refractivity contribution in [1.29, 1.82) is 0 Å². The lowest BCUT2D eigenvalue weighted by Gasteiger charge is -2.15. The molecule has 9 heteroatoms. The number of carbonyl (C=O) groups excluding carboxylic acids is 1. The number of benzene rings is 1. The first kappa shape index (κ1) is 19.3. The van der Waals surface area contributed by atoms with E-state index in [4.69, 9.17) is 23.3 Å². The number of hydrogen-bond donors (Lipinski definition) is 1. The number of nitrogens with one attached hydrogen (secondary N) is 1. The van der Waals surface area contributed by atoms with Gasteiger partial charge in [-0.15, -0.1) is 0 Å². The zero-order valence-corrected chi connectivity index (χ0v) is 14.8. The monoisotopic (exact) mass is 347 g/mol. The van der Waals surface area contributed by atoms with Crippen LogP contribution in [0.1, 0.15) is 5.56 Å². The maximum Gasteiger partial charge on any atom is 0.339 e. The van der Waals surface area contributed by atoms with E-state index in [2.05, 4.69) is 5.32 Å². The van der Waals surface area contributed by atoms with Crippen LogP contribution in [-0.2, 0) is 25.0 Å². The Morgan fingerprint density at radius 1 is 1.00 bits per heavy atom. The number of hydrogen-bond acceptors (Lipinski definition) is 7. The third-order valence-electron chi connectivity index (χ3n) is 3.11. The van der Waals surface area contributed by atoms with Crippen molar-refractivity contribution in [2.24, 2.45) is 0 Å². The minimum absolute atomic E-state index is 0.197. The summed E-state index contributed by atoms with van der Waals surface area (Å²) in [6.07, 6.45) is -0.357. The van der Waals surface area contributed by atoms with Crippen molar-refractivity contribution in [3.05, 3.63) is 17.7 Å². The van der Waals surface area contributed by atoms with Crippen LogP contribution in [0.25, 0.3) is 0 Å². The number of carbonyl (C=O) groups is 1. The highest BCUT2D eigenvalue weighted by atomic mass is 31.2. The summed E-state index contributed by atoms with van der Waals surface area (Å²) >= 11 is 0. The number of ether oxygens (including phenoxy) is 3. The van der Waals surface area contributed by atoms with Crippen molar-refractivity contribution in [1.82, 2.24) is 5.32 Å². The Balaban J connectivity index is 2.82. The Bertz CT molecular complexity index is 557. The van der Waals surface area contributed by atoms with Gasteiger partial charge in [-0.05, 0) is 17.7 Å². The predicted molar refractivity (Wildman–Crippen MR) is 84.4 cm³/mol. The van der Waals surface area contributed by atoms with Crippen LogP contribution in [0.3, 0.4) is 0 Å². The van der Waals surface area contributed by atoms with Gasteiger partial charge in [0, 0.05) is 20.8 Å². The van der Waals surface area contributed by atoms with Crippen LogP contribution in [-0.4, -0.2) is 47.6 Å². The largest absolute Gasteiger partial charge is 0.493 e. The Morgan fingerprint density at radius 2 is 1.52 bits per heavy atom. The molecule has 1 aromatic rings. The van der Waals surface area contributed by atoms with E-state index in [0.29, 0.717) is 17.2 Å². The number of rotatable bonds is 9. The SMILES string of the molecule is COc1cc(CNC(=O)CP(=O)(OC)OC)cc(OC)c1OC. The highest BCUT2D eigenvalue weighted by Gasteiger charge is 2.25. The minimum Gasteiger partial charge on any atom is -0.493 e. The standard InChI is InChI=1S/C14H22NO7P/c1-18-11-6-10(7-12(19-2)14(11)20-3)8-15-13(16)9-23(17,21-4)22-5/h6-7H,8-9H2,1-5H3,(H,15,16). The van der Waals surface area contributed by atoms with Crippen molar-refractivity contribution in [2.45, 2.75) is 6.54 Å². The Kier molecular flexibility index (Phi) is 7.35. The zero-order chi connectivity index (χ0) is 17.5. The fourth-order valence-electron chi connectivity index (χ4n) is 1.87. The van der Waals surface area contributed by atoms with Gasteiger partial charge in [-0.3, -0.25) is 9.36 Å². The first-order valence-electron chi connectivity index (χ1n) is 6.69. The Morgan fingerprint density at radius 3 is 1.91 bits per heavy atom. The lowest BCUT2D eigenvalue weighted by atomic mass is 10.2. The summed E-state index contributed by atoms with van der Waals surface area (Å²) in [4.78, 5) is 11.9. The summed E-state index contributed by atoms with van der Waals surface area (Å²) in [5.41, 5.74) is 0.734. The Labute approximate surface area is 135 Å². The zero-order valence-electron chi connectivity index (χ0n) is 13.9. The molecule has 23 heavy (non-hydrogen) atoms. The van der Waals surface area contributed by atoms with Gasteiger partial charge in [0.1, 0.15) is 6.16 Å². The molecule has 0 unspecified atom stereocenters. The molecule has 8 nitrogen and oxygen atoms in total. The summed E-state index contributed by atoms with van der Waals surface area (Å²) in [7, 11) is 3.61. The molecule has 0 saturated heterocycles.